The van der Waals surface area contributed by atoms with Crippen LogP contribution in [0.5, 0.6) is 0 Å². The summed E-state index contributed by atoms with van der Waals surface area (Å²) in [4.78, 5) is 47.6. The van der Waals surface area contributed by atoms with Crippen molar-refractivity contribution in [3.63, 3.8) is 0 Å². The number of fused-ring (bicyclic) bond motifs is 3. The highest BCUT2D eigenvalue weighted by molar-refractivity contribution is 6.08. The number of carboxylic acids is 1. The molecule has 0 spiro atoms. The van der Waals surface area contributed by atoms with E-state index in [0.717, 1.165) is 30.2 Å². The number of carbonyl (C=O) groups is 1. The lowest BCUT2D eigenvalue weighted by atomic mass is 10.00. The van der Waals surface area contributed by atoms with Gasteiger partial charge in [-0.05, 0) is 66.8 Å². The van der Waals surface area contributed by atoms with Gasteiger partial charge >= 0.3 is 5.97 Å². The van der Waals surface area contributed by atoms with E-state index < -0.39 is 5.97 Å². The smallest absolute Gasteiger partial charge is 0.353 e. The summed E-state index contributed by atoms with van der Waals surface area (Å²) in [5.41, 5.74) is 4.94. The third-order valence-corrected chi connectivity index (χ3v) is 6.57. The molecule has 0 radical (unpaired) electrons. The van der Waals surface area contributed by atoms with Crippen molar-refractivity contribution in [1.29, 1.82) is 0 Å². The Morgan fingerprint density at radius 2 is 1.91 bits per heavy atom. The molecule has 0 saturated heterocycles. The molecule has 168 valence electrons. The van der Waals surface area contributed by atoms with Crippen LogP contribution < -0.4 is 11.1 Å². The van der Waals surface area contributed by atoms with Gasteiger partial charge < -0.3 is 19.6 Å². The monoisotopic (exact) mass is 452 g/mol. The molecule has 4 aromatic heterocycles. The normalized spacial score (nSPS) is 12.9. The van der Waals surface area contributed by atoms with Gasteiger partial charge in [-0.3, -0.25) is 14.6 Å². The van der Waals surface area contributed by atoms with E-state index in [-0.39, 0.29) is 23.4 Å². The first kappa shape index (κ1) is 20.2. The van der Waals surface area contributed by atoms with Crippen LogP contribution in [0.15, 0.2) is 64.4 Å². The van der Waals surface area contributed by atoms with E-state index >= 15 is 0 Å². The Balaban J connectivity index is 1.71. The van der Waals surface area contributed by atoms with E-state index in [1.165, 1.54) is 23.4 Å². The zero-order chi connectivity index (χ0) is 23.4. The first-order valence-corrected chi connectivity index (χ1v) is 11.1. The summed E-state index contributed by atoms with van der Waals surface area (Å²) in [6.07, 6.45) is 6.05. The molecule has 0 aliphatic heterocycles. The topological polar surface area (TPSA) is 121 Å². The van der Waals surface area contributed by atoms with Crippen molar-refractivity contribution in [3.8, 4) is 11.1 Å². The lowest BCUT2D eigenvalue weighted by molar-refractivity contribution is 0.0687. The Labute approximate surface area is 192 Å². The van der Waals surface area contributed by atoms with E-state index in [0.29, 0.717) is 27.7 Å². The number of pyridine rings is 3. The number of hydrogen-bond acceptors (Lipinski definition) is 4. The van der Waals surface area contributed by atoms with Crippen LogP contribution in [0.2, 0.25) is 0 Å². The minimum absolute atomic E-state index is 0.0136. The second kappa shape index (κ2) is 7.55. The minimum Gasteiger partial charge on any atom is -0.477 e. The van der Waals surface area contributed by atoms with Gasteiger partial charge in [0, 0.05) is 46.1 Å². The van der Waals surface area contributed by atoms with Crippen LogP contribution in [-0.2, 0) is 19.4 Å². The third kappa shape index (κ3) is 3.07. The molecule has 1 aliphatic carbocycles. The van der Waals surface area contributed by atoms with Crippen molar-refractivity contribution in [2.75, 3.05) is 0 Å². The molecular weight excluding hydrogens is 432 g/mol. The van der Waals surface area contributed by atoms with E-state index in [2.05, 4.69) is 15.0 Å². The maximum Gasteiger partial charge on any atom is 0.353 e. The molecule has 0 bridgehead atoms. The molecule has 0 amide bonds. The highest BCUT2D eigenvalue weighted by Gasteiger charge is 2.27. The molecule has 8 heteroatoms. The Bertz CT molecular complexity index is 1740. The van der Waals surface area contributed by atoms with Crippen LogP contribution >= 0.6 is 0 Å². The Kier molecular flexibility index (Phi) is 4.48. The number of aromatic amines is 2. The highest BCUT2D eigenvalue weighted by atomic mass is 16.4. The summed E-state index contributed by atoms with van der Waals surface area (Å²) in [5.74, 6) is -1.14. The fourth-order valence-electron chi connectivity index (χ4n) is 5.14. The molecule has 0 fully saturated rings. The SMILES string of the molecule is O=C(O)c1c(-c2ccc[nH]c2=O)c2cc3c(cc2n1Cc1cc(=O)[nH]c2cccnc12)CCC3. The molecule has 8 nitrogen and oxygen atoms in total. The second-order valence-corrected chi connectivity index (χ2v) is 8.58. The van der Waals surface area contributed by atoms with Gasteiger partial charge in [-0.1, -0.05) is 0 Å². The fourth-order valence-corrected chi connectivity index (χ4v) is 5.14. The largest absolute Gasteiger partial charge is 0.477 e. The number of nitrogens with zero attached hydrogens (tertiary/aromatic N) is 2. The maximum absolute atomic E-state index is 12.7. The van der Waals surface area contributed by atoms with Crippen LogP contribution in [0.4, 0.5) is 0 Å². The molecule has 4 heterocycles. The van der Waals surface area contributed by atoms with Crippen molar-refractivity contribution < 1.29 is 9.90 Å². The molecule has 0 atom stereocenters. The van der Waals surface area contributed by atoms with Crippen molar-refractivity contribution in [2.24, 2.45) is 0 Å². The van der Waals surface area contributed by atoms with Crippen molar-refractivity contribution in [1.82, 2.24) is 19.5 Å². The van der Waals surface area contributed by atoms with Gasteiger partial charge in [0.1, 0.15) is 5.69 Å². The van der Waals surface area contributed by atoms with Crippen LogP contribution in [0.1, 0.15) is 33.6 Å². The van der Waals surface area contributed by atoms with Crippen LogP contribution in [0.3, 0.4) is 0 Å². The number of aromatic nitrogens is 4. The third-order valence-electron chi connectivity index (χ3n) is 6.57. The van der Waals surface area contributed by atoms with Crippen molar-refractivity contribution in [3.05, 3.63) is 98.0 Å². The van der Waals surface area contributed by atoms with Gasteiger partial charge in [-0.25, -0.2) is 4.79 Å². The number of carboxylic acid groups (broad SMARTS) is 1. The standard InChI is InChI=1S/C26H20N4O4/c31-21-12-16(23-19(29-21)7-3-8-27-23)13-30-20-11-15-5-1-4-14(15)10-18(20)22(24(30)26(33)34)17-6-2-9-28-25(17)32/h2-3,6-12H,1,4-5,13H2,(H,28,32)(H,29,31)(H,33,34). The molecule has 1 aromatic carbocycles. The predicted octanol–water partition coefficient (Wildman–Crippen LogP) is 3.47. The molecule has 3 N–H and O–H groups in total. The average molecular weight is 452 g/mol. The first-order chi connectivity index (χ1) is 16.5. The fraction of sp³-hybridized carbons (Fsp3) is 0.154. The minimum atomic E-state index is -1.14. The van der Waals surface area contributed by atoms with E-state index in [1.807, 2.05) is 12.1 Å². The molecule has 34 heavy (non-hydrogen) atoms. The van der Waals surface area contributed by atoms with Gasteiger partial charge in [-0.2, -0.15) is 0 Å². The van der Waals surface area contributed by atoms with E-state index in [9.17, 15) is 19.5 Å². The van der Waals surface area contributed by atoms with E-state index in [4.69, 9.17) is 0 Å². The zero-order valence-electron chi connectivity index (χ0n) is 18.1. The predicted molar refractivity (Wildman–Crippen MR) is 128 cm³/mol. The van der Waals surface area contributed by atoms with Gasteiger partial charge in [0.15, 0.2) is 0 Å². The first-order valence-electron chi connectivity index (χ1n) is 11.1. The molecular formula is C26H20N4O4. The molecule has 1 aliphatic rings. The van der Waals surface area contributed by atoms with Gasteiger partial charge in [0.2, 0.25) is 5.56 Å². The summed E-state index contributed by atoms with van der Waals surface area (Å²) < 4.78 is 1.70. The summed E-state index contributed by atoms with van der Waals surface area (Å²) in [6.45, 7) is 0.124. The maximum atomic E-state index is 12.7. The number of nitrogens with one attached hydrogen (secondary N) is 2. The Morgan fingerprint density at radius 3 is 2.71 bits per heavy atom. The number of H-pyrrole nitrogens is 2. The lowest BCUT2D eigenvalue weighted by Crippen LogP contribution is -2.15. The average Bonchev–Trinajstić information content (AvgIpc) is 3.40. The number of rotatable bonds is 4. The summed E-state index contributed by atoms with van der Waals surface area (Å²) in [5, 5.41) is 11.1. The van der Waals surface area contributed by atoms with Crippen molar-refractivity contribution in [2.45, 2.75) is 25.8 Å². The summed E-state index contributed by atoms with van der Waals surface area (Å²) in [7, 11) is 0. The summed E-state index contributed by atoms with van der Waals surface area (Å²) in [6, 6.07) is 12.3. The van der Waals surface area contributed by atoms with Crippen LogP contribution in [-0.4, -0.2) is 30.6 Å². The quantitative estimate of drug-likeness (QED) is 0.386. The van der Waals surface area contributed by atoms with E-state index in [1.54, 1.807) is 35.0 Å². The zero-order valence-corrected chi connectivity index (χ0v) is 18.1. The van der Waals surface area contributed by atoms with Gasteiger partial charge in [-0.15, -0.1) is 0 Å². The van der Waals surface area contributed by atoms with Crippen LogP contribution in [0.25, 0.3) is 33.1 Å². The number of aromatic carboxylic acids is 1. The number of benzene rings is 1. The van der Waals surface area contributed by atoms with Crippen LogP contribution in [0, 0.1) is 0 Å². The van der Waals surface area contributed by atoms with Gasteiger partial charge in [0.05, 0.1) is 17.6 Å². The summed E-state index contributed by atoms with van der Waals surface area (Å²) >= 11 is 0. The van der Waals surface area contributed by atoms with Crippen molar-refractivity contribution >= 4 is 27.9 Å². The Hall–Kier alpha value is -4.46. The Morgan fingerprint density at radius 1 is 1.09 bits per heavy atom. The molecule has 0 unspecified atom stereocenters. The molecule has 6 rings (SSSR count). The van der Waals surface area contributed by atoms with Gasteiger partial charge in [0.25, 0.3) is 5.56 Å². The lowest BCUT2D eigenvalue weighted by Gasteiger charge is -2.11. The number of aryl methyl sites for hydroxylation is 2. The number of hydrogen-bond donors (Lipinski definition) is 3. The highest BCUT2D eigenvalue weighted by Crippen LogP contribution is 2.38. The second-order valence-electron chi connectivity index (χ2n) is 8.58. The molecule has 0 saturated carbocycles. The molecule has 5 aromatic rings.